The molecule has 0 saturated carbocycles. The van der Waals surface area contributed by atoms with Gasteiger partial charge in [0.2, 0.25) is 0 Å². The van der Waals surface area contributed by atoms with Crippen LogP contribution in [0.2, 0.25) is 0 Å². The van der Waals surface area contributed by atoms with E-state index in [4.69, 9.17) is 4.74 Å². The molecule has 176 valence electrons. The summed E-state index contributed by atoms with van der Waals surface area (Å²) in [5.74, 6) is 0.894. The van der Waals surface area contributed by atoms with Gasteiger partial charge in [-0.25, -0.2) is 9.69 Å². The van der Waals surface area contributed by atoms with E-state index in [1.165, 1.54) is 0 Å². The number of anilines is 1. The average molecular weight is 485 g/mol. The molecule has 0 saturated heterocycles. The van der Waals surface area contributed by atoms with E-state index in [0.717, 1.165) is 20.5 Å². The lowest BCUT2D eigenvalue weighted by atomic mass is 10.0. The summed E-state index contributed by atoms with van der Waals surface area (Å²) < 4.78 is 6.87. The molecule has 1 atom stereocenters. The van der Waals surface area contributed by atoms with E-state index in [1.54, 1.807) is 42.5 Å². The van der Waals surface area contributed by atoms with Gasteiger partial charge in [-0.1, -0.05) is 36.4 Å². The Labute approximate surface area is 207 Å². The van der Waals surface area contributed by atoms with Crippen LogP contribution in [0.5, 0.6) is 11.5 Å². The van der Waals surface area contributed by atoms with Crippen LogP contribution in [-0.2, 0) is 11.2 Å². The number of hydrogen-bond acceptors (Lipinski definition) is 5. The lowest BCUT2D eigenvalue weighted by molar-refractivity contribution is -0.129. The molecule has 0 aliphatic rings. The van der Waals surface area contributed by atoms with Crippen molar-refractivity contribution in [2.24, 2.45) is 0 Å². The van der Waals surface area contributed by atoms with Crippen molar-refractivity contribution in [1.82, 2.24) is 10.2 Å². The number of nitrogens with one attached hydrogen (secondary N) is 2. The maximum absolute atomic E-state index is 13.0. The van der Waals surface area contributed by atoms with Gasteiger partial charge < -0.3 is 15.4 Å². The van der Waals surface area contributed by atoms with Gasteiger partial charge in [-0.15, -0.1) is 11.3 Å². The Morgan fingerprint density at radius 3 is 2.40 bits per heavy atom. The molecule has 35 heavy (non-hydrogen) atoms. The Kier molecular flexibility index (Phi) is 7.60. The molecule has 0 aliphatic heterocycles. The number of fused-ring (bicyclic) bond motifs is 1. The number of benzene rings is 3. The molecule has 3 amide bonds. The van der Waals surface area contributed by atoms with Crippen molar-refractivity contribution in [2.45, 2.75) is 19.4 Å². The number of carbonyl (C=O) groups is 2. The molecular formula is C27H24N4O3S. The van der Waals surface area contributed by atoms with E-state index in [0.29, 0.717) is 17.2 Å². The molecule has 4 rings (SSSR count). The first-order valence-electron chi connectivity index (χ1n) is 11.1. The highest BCUT2D eigenvalue weighted by atomic mass is 32.1. The molecule has 8 heteroatoms. The molecule has 2 N–H and O–H groups in total. The van der Waals surface area contributed by atoms with Crippen LogP contribution < -0.4 is 15.4 Å². The molecule has 0 fully saturated rings. The molecule has 1 heterocycles. The van der Waals surface area contributed by atoms with Gasteiger partial charge in [-0.05, 0) is 65.7 Å². The first kappa shape index (κ1) is 23.8. The van der Waals surface area contributed by atoms with Crippen LogP contribution in [0.3, 0.4) is 0 Å². The second kappa shape index (κ2) is 11.2. The maximum Gasteiger partial charge on any atom is 0.319 e. The number of carbonyl (C=O) groups excluding carboxylic acids is 2. The van der Waals surface area contributed by atoms with Gasteiger partial charge in [0.05, 0.1) is 0 Å². The second-order valence-electron chi connectivity index (χ2n) is 7.73. The molecule has 4 aromatic rings. The summed E-state index contributed by atoms with van der Waals surface area (Å²) in [6, 6.07) is 22.8. The summed E-state index contributed by atoms with van der Waals surface area (Å²) in [7, 11) is 0. The van der Waals surface area contributed by atoms with Crippen molar-refractivity contribution in [3.8, 4) is 17.7 Å². The molecule has 1 aromatic heterocycles. The van der Waals surface area contributed by atoms with Crippen molar-refractivity contribution in [1.29, 1.82) is 5.26 Å². The van der Waals surface area contributed by atoms with Gasteiger partial charge in [-0.2, -0.15) is 5.26 Å². The smallest absolute Gasteiger partial charge is 0.319 e. The van der Waals surface area contributed by atoms with Crippen LogP contribution in [0, 0.1) is 11.5 Å². The van der Waals surface area contributed by atoms with E-state index in [-0.39, 0.29) is 13.0 Å². The normalized spacial score (nSPS) is 11.3. The van der Waals surface area contributed by atoms with E-state index < -0.39 is 18.0 Å². The fraction of sp³-hybridized carbons (Fsp3) is 0.148. The van der Waals surface area contributed by atoms with Crippen LogP contribution in [0.4, 0.5) is 10.5 Å². The number of para-hydroxylation sites is 1. The number of rotatable bonds is 8. The average Bonchev–Trinajstić information content (AvgIpc) is 3.29. The number of ether oxygens (including phenoxy) is 1. The minimum Gasteiger partial charge on any atom is -0.457 e. The van der Waals surface area contributed by atoms with E-state index in [9.17, 15) is 14.9 Å². The fourth-order valence-corrected chi connectivity index (χ4v) is 4.61. The van der Waals surface area contributed by atoms with Gasteiger partial charge in [0, 0.05) is 23.4 Å². The van der Waals surface area contributed by atoms with Crippen molar-refractivity contribution >= 4 is 39.0 Å². The predicted molar refractivity (Wildman–Crippen MR) is 137 cm³/mol. The van der Waals surface area contributed by atoms with Crippen molar-refractivity contribution in [3.63, 3.8) is 0 Å². The highest BCUT2D eigenvalue weighted by Gasteiger charge is 2.27. The summed E-state index contributed by atoms with van der Waals surface area (Å²) in [4.78, 5) is 26.9. The minimum atomic E-state index is -0.895. The number of amides is 3. The van der Waals surface area contributed by atoms with Gasteiger partial charge in [-0.3, -0.25) is 4.79 Å². The SMILES string of the molecule is CCN(C#N)C(=O)C(Cc1csc2ccccc12)NC(=O)Nc1ccc(Oc2ccccc2)cc1. The van der Waals surface area contributed by atoms with Crippen LogP contribution >= 0.6 is 11.3 Å². The van der Waals surface area contributed by atoms with E-state index in [1.807, 2.05) is 66.2 Å². The summed E-state index contributed by atoms with van der Waals surface area (Å²) in [6.45, 7) is 1.94. The van der Waals surface area contributed by atoms with Crippen LogP contribution in [-0.4, -0.2) is 29.4 Å². The zero-order chi connectivity index (χ0) is 24.6. The third-order valence-corrected chi connectivity index (χ3v) is 6.39. The number of urea groups is 1. The Bertz CT molecular complexity index is 1350. The Morgan fingerprint density at radius 2 is 1.69 bits per heavy atom. The maximum atomic E-state index is 13.0. The standard InChI is InChI=1S/C27H24N4O3S/c1-2-31(18-28)26(32)24(16-19-17-35-25-11-7-6-10-23(19)25)30-27(33)29-20-12-14-22(15-13-20)34-21-8-4-3-5-9-21/h3-15,17,24H,2,16H2,1H3,(H2,29,30,33). The van der Waals surface area contributed by atoms with Gasteiger partial charge in [0.15, 0.2) is 6.19 Å². The van der Waals surface area contributed by atoms with Crippen molar-refractivity contribution in [2.75, 3.05) is 11.9 Å². The first-order chi connectivity index (χ1) is 17.1. The molecular weight excluding hydrogens is 460 g/mol. The third-order valence-electron chi connectivity index (χ3n) is 5.38. The van der Waals surface area contributed by atoms with E-state index in [2.05, 4.69) is 10.6 Å². The van der Waals surface area contributed by atoms with Crippen molar-refractivity contribution in [3.05, 3.63) is 89.8 Å². The zero-order valence-corrected chi connectivity index (χ0v) is 19.9. The predicted octanol–water partition coefficient (Wildman–Crippen LogP) is 5.76. The Morgan fingerprint density at radius 1 is 1.00 bits per heavy atom. The number of thiophene rings is 1. The molecule has 0 spiro atoms. The number of nitriles is 1. The number of nitrogens with zero attached hydrogens (tertiary/aromatic N) is 2. The third kappa shape index (κ3) is 5.96. The lowest BCUT2D eigenvalue weighted by Gasteiger charge is -2.22. The number of hydrogen-bond donors (Lipinski definition) is 2. The monoisotopic (exact) mass is 484 g/mol. The zero-order valence-electron chi connectivity index (χ0n) is 19.1. The van der Waals surface area contributed by atoms with Gasteiger partial charge in [0.1, 0.15) is 17.5 Å². The summed E-state index contributed by atoms with van der Waals surface area (Å²) in [6.07, 6.45) is 2.17. The summed E-state index contributed by atoms with van der Waals surface area (Å²) in [5.41, 5.74) is 1.49. The number of likely N-dealkylation sites (N-methyl/N-ethyl adjacent to an activating group) is 1. The van der Waals surface area contributed by atoms with Gasteiger partial charge >= 0.3 is 6.03 Å². The summed E-state index contributed by atoms with van der Waals surface area (Å²) in [5, 5.41) is 17.9. The highest BCUT2D eigenvalue weighted by molar-refractivity contribution is 7.17. The van der Waals surface area contributed by atoms with Crippen LogP contribution in [0.1, 0.15) is 12.5 Å². The first-order valence-corrected chi connectivity index (χ1v) is 12.0. The van der Waals surface area contributed by atoms with Crippen LogP contribution in [0.15, 0.2) is 84.2 Å². The molecule has 0 aliphatic carbocycles. The molecule has 0 radical (unpaired) electrons. The Hall–Kier alpha value is -4.35. The quantitative estimate of drug-likeness (QED) is 0.246. The molecule has 0 bridgehead atoms. The van der Waals surface area contributed by atoms with Gasteiger partial charge in [0.25, 0.3) is 5.91 Å². The van der Waals surface area contributed by atoms with E-state index >= 15 is 0 Å². The van der Waals surface area contributed by atoms with Crippen molar-refractivity contribution < 1.29 is 14.3 Å². The topological polar surface area (TPSA) is 94.5 Å². The second-order valence-corrected chi connectivity index (χ2v) is 8.65. The lowest BCUT2D eigenvalue weighted by Crippen LogP contribution is -2.49. The summed E-state index contributed by atoms with van der Waals surface area (Å²) >= 11 is 1.58. The fourth-order valence-electron chi connectivity index (χ4n) is 3.63. The Balaban J connectivity index is 1.45. The molecule has 3 aromatic carbocycles. The molecule has 7 nitrogen and oxygen atoms in total. The van der Waals surface area contributed by atoms with Crippen LogP contribution in [0.25, 0.3) is 10.1 Å². The molecule has 1 unspecified atom stereocenters. The minimum absolute atomic E-state index is 0.225. The largest absolute Gasteiger partial charge is 0.457 e. The highest BCUT2D eigenvalue weighted by Crippen LogP contribution is 2.27.